The first-order valence-electron chi connectivity index (χ1n) is 7.83. The fraction of sp³-hybridized carbons (Fsp3) is 0.333. The molecule has 0 saturated heterocycles. The zero-order valence-electron chi connectivity index (χ0n) is 12.8. The average molecular weight is 314 g/mol. The Morgan fingerprint density at radius 2 is 1.86 bits per heavy atom. The number of hydrogen-bond acceptors (Lipinski definition) is 2. The molecule has 0 aliphatic heterocycles. The van der Waals surface area contributed by atoms with Crippen molar-refractivity contribution >= 4 is 17.2 Å². The van der Waals surface area contributed by atoms with Crippen LogP contribution in [0.15, 0.2) is 42.6 Å². The number of hydrogen-bond donors (Lipinski definition) is 0. The monoisotopic (exact) mass is 313 g/mol. The largest absolute Gasteiger partial charge is 0.234 e. The lowest BCUT2D eigenvalue weighted by Gasteiger charge is -2.08. The Morgan fingerprint density at radius 1 is 1.05 bits per heavy atom. The number of halogens is 1. The van der Waals surface area contributed by atoms with Crippen LogP contribution in [-0.2, 0) is 19.3 Å². The van der Waals surface area contributed by atoms with E-state index in [0.29, 0.717) is 0 Å². The molecule has 3 nitrogen and oxygen atoms in total. The van der Waals surface area contributed by atoms with Gasteiger partial charge in [0, 0.05) is 22.5 Å². The molecule has 3 aromatic rings. The molecule has 114 valence electrons. The van der Waals surface area contributed by atoms with Crippen LogP contribution in [0.5, 0.6) is 0 Å². The van der Waals surface area contributed by atoms with Gasteiger partial charge in [0.15, 0.2) is 5.65 Å². The van der Waals surface area contributed by atoms with Gasteiger partial charge in [-0.1, -0.05) is 37.1 Å². The van der Waals surface area contributed by atoms with Gasteiger partial charge in [0.25, 0.3) is 0 Å². The number of fused-ring (bicyclic) bond motifs is 1. The van der Waals surface area contributed by atoms with Crippen LogP contribution in [-0.4, -0.2) is 14.6 Å². The van der Waals surface area contributed by atoms with Crippen LogP contribution >= 0.6 is 11.6 Å². The third-order valence-corrected chi connectivity index (χ3v) is 4.11. The molecule has 0 saturated carbocycles. The van der Waals surface area contributed by atoms with Crippen molar-refractivity contribution in [2.45, 2.75) is 39.0 Å². The summed E-state index contributed by atoms with van der Waals surface area (Å²) in [7, 11) is 0. The number of nitrogens with zero attached hydrogens (tertiary/aromatic N) is 3. The predicted molar refractivity (Wildman–Crippen MR) is 90.5 cm³/mol. The van der Waals surface area contributed by atoms with Crippen LogP contribution < -0.4 is 0 Å². The highest BCUT2D eigenvalue weighted by atomic mass is 35.5. The van der Waals surface area contributed by atoms with Crippen LogP contribution in [0.3, 0.4) is 0 Å². The third-order valence-electron chi connectivity index (χ3n) is 3.86. The summed E-state index contributed by atoms with van der Waals surface area (Å²) in [4.78, 5) is 4.68. The number of aryl methyl sites for hydroxylation is 3. The first-order chi connectivity index (χ1) is 10.8. The minimum absolute atomic E-state index is 0.781. The minimum atomic E-state index is 0.781. The van der Waals surface area contributed by atoms with Crippen molar-refractivity contribution in [2.75, 3.05) is 0 Å². The Bertz CT molecular complexity index is 747. The SMILES string of the molecule is CCCCc1cc(CCc2ccc(Cl)cc2)n2nccc2n1. The lowest BCUT2D eigenvalue weighted by molar-refractivity contribution is 0.753. The Balaban J connectivity index is 1.81. The van der Waals surface area contributed by atoms with Gasteiger partial charge in [-0.2, -0.15) is 5.10 Å². The quantitative estimate of drug-likeness (QED) is 0.670. The van der Waals surface area contributed by atoms with Crippen molar-refractivity contribution in [3.63, 3.8) is 0 Å². The fourth-order valence-corrected chi connectivity index (χ4v) is 2.75. The molecule has 0 atom stereocenters. The first kappa shape index (κ1) is 15.0. The second-order valence-electron chi connectivity index (χ2n) is 5.57. The molecule has 0 unspecified atom stereocenters. The molecule has 2 heterocycles. The van der Waals surface area contributed by atoms with E-state index < -0.39 is 0 Å². The highest BCUT2D eigenvalue weighted by Crippen LogP contribution is 2.14. The topological polar surface area (TPSA) is 30.2 Å². The lowest BCUT2D eigenvalue weighted by atomic mass is 10.1. The number of rotatable bonds is 6. The van der Waals surface area contributed by atoms with Gasteiger partial charge < -0.3 is 0 Å². The molecular weight excluding hydrogens is 294 g/mol. The van der Waals surface area contributed by atoms with E-state index in [2.05, 4.69) is 35.2 Å². The molecule has 0 radical (unpaired) electrons. The predicted octanol–water partition coefficient (Wildman–Crippen LogP) is 4.51. The Hall–Kier alpha value is -1.87. The maximum Gasteiger partial charge on any atom is 0.155 e. The van der Waals surface area contributed by atoms with Crippen LogP contribution in [0.25, 0.3) is 5.65 Å². The van der Waals surface area contributed by atoms with Crippen molar-refractivity contribution in [1.82, 2.24) is 14.6 Å². The van der Waals surface area contributed by atoms with Crippen molar-refractivity contribution < 1.29 is 0 Å². The number of unbranched alkanes of at least 4 members (excludes halogenated alkanes) is 1. The molecule has 0 amide bonds. The van der Waals surface area contributed by atoms with E-state index in [-0.39, 0.29) is 0 Å². The highest BCUT2D eigenvalue weighted by Gasteiger charge is 2.07. The molecule has 2 aromatic heterocycles. The number of benzene rings is 1. The fourth-order valence-electron chi connectivity index (χ4n) is 2.62. The molecule has 1 aromatic carbocycles. The summed E-state index contributed by atoms with van der Waals surface area (Å²) in [6.07, 6.45) is 7.13. The van der Waals surface area contributed by atoms with E-state index in [1.54, 1.807) is 0 Å². The average Bonchev–Trinajstić information content (AvgIpc) is 3.00. The van der Waals surface area contributed by atoms with E-state index in [9.17, 15) is 0 Å². The van der Waals surface area contributed by atoms with Crippen molar-refractivity contribution in [2.24, 2.45) is 0 Å². The molecule has 0 fully saturated rings. The van der Waals surface area contributed by atoms with Gasteiger partial charge in [-0.25, -0.2) is 9.50 Å². The van der Waals surface area contributed by atoms with Gasteiger partial charge >= 0.3 is 0 Å². The van der Waals surface area contributed by atoms with Gasteiger partial charge in [-0.3, -0.25) is 0 Å². The standard InChI is InChI=1S/C18H20ClN3/c1-2-3-4-16-13-17(22-18(21-16)11-12-20-22)10-7-14-5-8-15(19)9-6-14/h5-6,8-9,11-13H,2-4,7,10H2,1H3. The normalized spacial score (nSPS) is 11.2. The second kappa shape index (κ2) is 6.93. The van der Waals surface area contributed by atoms with Gasteiger partial charge in [0.2, 0.25) is 0 Å². The molecule has 0 aliphatic rings. The van der Waals surface area contributed by atoms with E-state index >= 15 is 0 Å². The molecule has 0 aliphatic carbocycles. The molecule has 3 rings (SSSR count). The maximum atomic E-state index is 5.94. The highest BCUT2D eigenvalue weighted by molar-refractivity contribution is 6.30. The Kier molecular flexibility index (Phi) is 4.74. The molecule has 4 heteroatoms. The van der Waals surface area contributed by atoms with E-state index in [1.807, 2.05) is 28.9 Å². The Morgan fingerprint density at radius 3 is 2.64 bits per heavy atom. The molecule has 0 bridgehead atoms. The van der Waals surface area contributed by atoms with Crippen LogP contribution in [0.2, 0.25) is 5.02 Å². The van der Waals surface area contributed by atoms with Crippen molar-refractivity contribution in [1.29, 1.82) is 0 Å². The first-order valence-corrected chi connectivity index (χ1v) is 8.21. The summed E-state index contributed by atoms with van der Waals surface area (Å²) in [6, 6.07) is 12.2. The van der Waals surface area contributed by atoms with Gasteiger partial charge in [-0.05, 0) is 49.4 Å². The summed E-state index contributed by atoms with van der Waals surface area (Å²) in [6.45, 7) is 2.21. The zero-order valence-corrected chi connectivity index (χ0v) is 13.6. The van der Waals surface area contributed by atoms with E-state index in [4.69, 9.17) is 11.6 Å². The van der Waals surface area contributed by atoms with Crippen LogP contribution in [0, 0.1) is 0 Å². The molecule has 22 heavy (non-hydrogen) atoms. The third kappa shape index (κ3) is 3.47. The summed E-state index contributed by atoms with van der Waals surface area (Å²) in [5, 5.41) is 5.18. The number of aromatic nitrogens is 3. The van der Waals surface area contributed by atoms with Crippen LogP contribution in [0.1, 0.15) is 36.7 Å². The minimum Gasteiger partial charge on any atom is -0.234 e. The summed E-state index contributed by atoms with van der Waals surface area (Å²) in [5.41, 5.74) is 4.62. The molecule has 0 N–H and O–H groups in total. The van der Waals surface area contributed by atoms with Crippen LogP contribution in [0.4, 0.5) is 0 Å². The molecule has 0 spiro atoms. The lowest BCUT2D eigenvalue weighted by Crippen LogP contribution is -2.05. The Labute approximate surface area is 136 Å². The molecular formula is C18H20ClN3. The summed E-state index contributed by atoms with van der Waals surface area (Å²) in [5.74, 6) is 0. The van der Waals surface area contributed by atoms with Crippen molar-refractivity contribution in [3.05, 3.63) is 64.6 Å². The van der Waals surface area contributed by atoms with Gasteiger partial charge in [0.1, 0.15) is 0 Å². The summed E-state index contributed by atoms with van der Waals surface area (Å²) >= 11 is 5.94. The van der Waals surface area contributed by atoms with E-state index in [0.717, 1.165) is 29.9 Å². The summed E-state index contributed by atoms with van der Waals surface area (Å²) < 4.78 is 1.95. The zero-order chi connectivity index (χ0) is 15.4. The second-order valence-corrected chi connectivity index (χ2v) is 6.01. The maximum absolute atomic E-state index is 5.94. The smallest absolute Gasteiger partial charge is 0.155 e. The van der Waals surface area contributed by atoms with E-state index in [1.165, 1.54) is 29.8 Å². The van der Waals surface area contributed by atoms with Gasteiger partial charge in [0.05, 0.1) is 6.20 Å². The van der Waals surface area contributed by atoms with Crippen molar-refractivity contribution in [3.8, 4) is 0 Å². The van der Waals surface area contributed by atoms with Gasteiger partial charge in [-0.15, -0.1) is 0 Å².